The van der Waals surface area contributed by atoms with E-state index in [1.807, 2.05) is 0 Å². The average molecular weight is 379 g/mol. The SMILES string of the molecule is O=C(c1ccccc1O)N1CCN(C(=O)c2cc(Cl)ccc2Cl)CC1. The molecule has 1 aliphatic rings. The Labute approximate surface area is 155 Å². The van der Waals surface area contributed by atoms with Gasteiger partial charge >= 0.3 is 0 Å². The van der Waals surface area contributed by atoms with Crippen LogP contribution in [0.15, 0.2) is 42.5 Å². The summed E-state index contributed by atoms with van der Waals surface area (Å²) in [4.78, 5) is 28.4. The van der Waals surface area contributed by atoms with E-state index in [0.717, 1.165) is 0 Å². The van der Waals surface area contributed by atoms with Crippen LogP contribution in [-0.4, -0.2) is 52.9 Å². The van der Waals surface area contributed by atoms with Gasteiger partial charge in [-0.15, -0.1) is 0 Å². The predicted octanol–water partition coefficient (Wildman–Crippen LogP) is 3.30. The molecule has 1 aliphatic heterocycles. The number of phenols is 1. The van der Waals surface area contributed by atoms with Crippen LogP contribution in [0.1, 0.15) is 20.7 Å². The highest BCUT2D eigenvalue weighted by molar-refractivity contribution is 6.35. The molecular formula is C18H16Cl2N2O3. The zero-order chi connectivity index (χ0) is 18.0. The number of hydrogen-bond donors (Lipinski definition) is 1. The third-order valence-electron chi connectivity index (χ3n) is 4.15. The van der Waals surface area contributed by atoms with Gasteiger partial charge in [0.05, 0.1) is 16.1 Å². The predicted molar refractivity (Wildman–Crippen MR) is 96.4 cm³/mol. The maximum absolute atomic E-state index is 12.6. The summed E-state index contributed by atoms with van der Waals surface area (Å²) >= 11 is 12.0. The number of aromatic hydroxyl groups is 1. The van der Waals surface area contributed by atoms with Gasteiger partial charge in [0, 0.05) is 31.2 Å². The van der Waals surface area contributed by atoms with E-state index in [2.05, 4.69) is 0 Å². The summed E-state index contributed by atoms with van der Waals surface area (Å²) < 4.78 is 0. The molecule has 2 aromatic rings. The maximum atomic E-state index is 12.6. The van der Waals surface area contributed by atoms with Gasteiger partial charge in [-0.1, -0.05) is 35.3 Å². The van der Waals surface area contributed by atoms with Crippen LogP contribution in [0.2, 0.25) is 10.0 Å². The first-order chi connectivity index (χ1) is 12.0. The number of nitrogens with zero attached hydrogens (tertiary/aromatic N) is 2. The number of hydrogen-bond acceptors (Lipinski definition) is 3. The lowest BCUT2D eigenvalue weighted by atomic mass is 10.1. The highest BCUT2D eigenvalue weighted by Crippen LogP contribution is 2.23. The van der Waals surface area contributed by atoms with Crippen molar-refractivity contribution in [3.8, 4) is 5.75 Å². The van der Waals surface area contributed by atoms with Crippen LogP contribution >= 0.6 is 23.2 Å². The normalized spacial score (nSPS) is 14.5. The molecule has 7 heteroatoms. The zero-order valence-corrected chi connectivity index (χ0v) is 14.8. The molecule has 0 spiro atoms. The van der Waals surface area contributed by atoms with E-state index in [9.17, 15) is 14.7 Å². The Morgan fingerprint density at radius 3 is 2.00 bits per heavy atom. The van der Waals surface area contributed by atoms with Crippen LogP contribution < -0.4 is 0 Å². The number of carbonyl (C=O) groups excluding carboxylic acids is 2. The van der Waals surface area contributed by atoms with Crippen molar-refractivity contribution in [2.45, 2.75) is 0 Å². The van der Waals surface area contributed by atoms with Crippen molar-refractivity contribution in [1.82, 2.24) is 9.80 Å². The first kappa shape index (κ1) is 17.6. The second kappa shape index (κ2) is 7.33. The molecule has 1 N–H and O–H groups in total. The molecule has 0 atom stereocenters. The summed E-state index contributed by atoms with van der Waals surface area (Å²) in [6.45, 7) is 1.55. The molecule has 130 valence electrons. The lowest BCUT2D eigenvalue weighted by Crippen LogP contribution is -2.50. The molecule has 2 aromatic carbocycles. The molecule has 3 rings (SSSR count). The van der Waals surface area contributed by atoms with E-state index in [4.69, 9.17) is 23.2 Å². The van der Waals surface area contributed by atoms with Gasteiger partial charge in [-0.25, -0.2) is 0 Å². The first-order valence-electron chi connectivity index (χ1n) is 7.79. The topological polar surface area (TPSA) is 60.9 Å². The highest BCUT2D eigenvalue weighted by Gasteiger charge is 2.27. The Morgan fingerprint density at radius 1 is 0.840 bits per heavy atom. The number of amides is 2. The Balaban J connectivity index is 1.68. The summed E-state index contributed by atoms with van der Waals surface area (Å²) in [5.41, 5.74) is 0.620. The van der Waals surface area contributed by atoms with E-state index < -0.39 is 0 Å². The van der Waals surface area contributed by atoms with E-state index in [1.165, 1.54) is 6.07 Å². The molecule has 25 heavy (non-hydrogen) atoms. The minimum absolute atomic E-state index is 0.0447. The number of para-hydroxylation sites is 1. The van der Waals surface area contributed by atoms with Crippen molar-refractivity contribution < 1.29 is 14.7 Å². The van der Waals surface area contributed by atoms with Gasteiger partial charge in [0.2, 0.25) is 0 Å². The number of rotatable bonds is 2. The van der Waals surface area contributed by atoms with Crippen molar-refractivity contribution in [2.24, 2.45) is 0 Å². The third kappa shape index (κ3) is 3.72. The van der Waals surface area contributed by atoms with Gasteiger partial charge in [0.1, 0.15) is 5.75 Å². The molecule has 0 unspecified atom stereocenters. The summed E-state index contributed by atoms with van der Waals surface area (Å²) in [5, 5.41) is 10.6. The van der Waals surface area contributed by atoms with Gasteiger partial charge in [0.25, 0.3) is 11.8 Å². The maximum Gasteiger partial charge on any atom is 0.257 e. The number of piperazine rings is 1. The minimum Gasteiger partial charge on any atom is -0.507 e. The van der Waals surface area contributed by atoms with Gasteiger partial charge in [-0.3, -0.25) is 9.59 Å². The van der Waals surface area contributed by atoms with Crippen molar-refractivity contribution in [1.29, 1.82) is 0 Å². The zero-order valence-electron chi connectivity index (χ0n) is 13.3. The molecule has 0 aromatic heterocycles. The van der Waals surface area contributed by atoms with Gasteiger partial charge in [-0.05, 0) is 30.3 Å². The molecule has 1 saturated heterocycles. The summed E-state index contributed by atoms with van der Waals surface area (Å²) in [6.07, 6.45) is 0. The first-order valence-corrected chi connectivity index (χ1v) is 8.54. The summed E-state index contributed by atoms with van der Waals surface area (Å²) in [7, 11) is 0. The number of carbonyl (C=O) groups is 2. The number of phenolic OH excluding ortho intramolecular Hbond substituents is 1. The lowest BCUT2D eigenvalue weighted by molar-refractivity contribution is 0.0534. The van der Waals surface area contributed by atoms with Crippen LogP contribution in [0.4, 0.5) is 0 Å². The van der Waals surface area contributed by atoms with Crippen LogP contribution in [-0.2, 0) is 0 Å². The molecule has 0 bridgehead atoms. The van der Waals surface area contributed by atoms with Crippen LogP contribution in [0, 0.1) is 0 Å². The van der Waals surface area contributed by atoms with Gasteiger partial charge in [-0.2, -0.15) is 0 Å². The summed E-state index contributed by atoms with van der Waals surface area (Å²) in [6, 6.07) is 11.2. The van der Waals surface area contributed by atoms with Crippen molar-refractivity contribution in [2.75, 3.05) is 26.2 Å². The van der Waals surface area contributed by atoms with Gasteiger partial charge in [0.15, 0.2) is 0 Å². The number of halogens is 2. The van der Waals surface area contributed by atoms with Crippen molar-refractivity contribution in [3.63, 3.8) is 0 Å². The molecule has 1 fully saturated rings. The summed E-state index contributed by atoms with van der Waals surface area (Å²) in [5.74, 6) is -0.496. The molecule has 0 radical (unpaired) electrons. The second-order valence-electron chi connectivity index (χ2n) is 5.73. The van der Waals surface area contributed by atoms with E-state index in [0.29, 0.717) is 41.8 Å². The van der Waals surface area contributed by atoms with Crippen LogP contribution in [0.25, 0.3) is 0 Å². The standard InChI is InChI=1S/C18H16Cl2N2O3/c19-12-5-6-15(20)14(11-12)18(25)22-9-7-21(8-10-22)17(24)13-3-1-2-4-16(13)23/h1-6,11,23H,7-10H2. The Kier molecular flexibility index (Phi) is 5.16. The fourth-order valence-electron chi connectivity index (χ4n) is 2.77. The third-order valence-corrected chi connectivity index (χ3v) is 4.71. The fourth-order valence-corrected chi connectivity index (χ4v) is 3.14. The molecule has 5 nitrogen and oxygen atoms in total. The average Bonchev–Trinajstić information content (AvgIpc) is 2.63. The fraction of sp³-hybridized carbons (Fsp3) is 0.222. The van der Waals surface area contributed by atoms with Crippen LogP contribution in [0.5, 0.6) is 5.75 Å². The Bertz CT molecular complexity index is 818. The van der Waals surface area contributed by atoms with Crippen LogP contribution in [0.3, 0.4) is 0 Å². The lowest BCUT2D eigenvalue weighted by Gasteiger charge is -2.35. The van der Waals surface area contributed by atoms with Crippen molar-refractivity contribution in [3.05, 3.63) is 63.6 Å². The van der Waals surface area contributed by atoms with E-state index in [-0.39, 0.29) is 23.1 Å². The molecule has 0 aliphatic carbocycles. The Morgan fingerprint density at radius 2 is 1.40 bits per heavy atom. The van der Waals surface area contributed by atoms with E-state index in [1.54, 1.807) is 46.2 Å². The minimum atomic E-state index is -0.244. The molecule has 0 saturated carbocycles. The smallest absolute Gasteiger partial charge is 0.257 e. The second-order valence-corrected chi connectivity index (χ2v) is 6.57. The van der Waals surface area contributed by atoms with Gasteiger partial charge < -0.3 is 14.9 Å². The molecular weight excluding hydrogens is 363 g/mol. The quantitative estimate of drug-likeness (QED) is 0.871. The highest BCUT2D eigenvalue weighted by atomic mass is 35.5. The molecule has 2 amide bonds. The Hall–Kier alpha value is -2.24. The largest absolute Gasteiger partial charge is 0.507 e. The molecule has 1 heterocycles. The monoisotopic (exact) mass is 378 g/mol. The van der Waals surface area contributed by atoms with E-state index >= 15 is 0 Å². The number of benzene rings is 2. The van der Waals surface area contributed by atoms with Crippen molar-refractivity contribution >= 4 is 35.0 Å².